The van der Waals surface area contributed by atoms with E-state index < -0.39 is 29.6 Å². The number of likely N-dealkylation sites (N-methyl/N-ethyl adjacent to an activating group) is 1. The first-order valence-corrected chi connectivity index (χ1v) is 45.6. The number of rotatable bonds is 15. The number of pyridine rings is 1. The molecule has 44 nitrogen and oxygen atoms in total. The lowest BCUT2D eigenvalue weighted by Crippen LogP contribution is -2.51. The molecule has 19 aromatic heterocycles. The number of alkyl halides is 6. The van der Waals surface area contributed by atoms with E-state index in [9.17, 15) is 31.1 Å². The minimum atomic E-state index is -4.57. The van der Waals surface area contributed by atoms with Crippen molar-refractivity contribution in [1.29, 1.82) is 0 Å². The minimum absolute atomic E-state index is 0.0442. The van der Waals surface area contributed by atoms with Crippen molar-refractivity contribution in [2.45, 2.75) is 75.5 Å². The molecule has 0 saturated carbocycles. The molecular weight excluding hydrogens is 1890 g/mol. The van der Waals surface area contributed by atoms with Crippen LogP contribution < -0.4 is 46.2 Å². The molecule has 7 atom stereocenters. The van der Waals surface area contributed by atoms with Gasteiger partial charge in [0, 0.05) is 193 Å². The number of hydrogen-bond donors (Lipinski definition) is 8. The summed E-state index contributed by atoms with van der Waals surface area (Å²) in [6.45, 7) is 16.9. The maximum absolute atomic E-state index is 13.1. The fourth-order valence-corrected chi connectivity index (χ4v) is 17.7. The van der Waals surface area contributed by atoms with Crippen molar-refractivity contribution < 1.29 is 35.9 Å². The Morgan fingerprint density at radius 3 is 1.26 bits per heavy atom. The minimum Gasteiger partial charge on any atom is -0.369 e. The van der Waals surface area contributed by atoms with Crippen LogP contribution in [0.15, 0.2) is 210 Å². The Morgan fingerprint density at radius 1 is 0.401 bits per heavy atom. The van der Waals surface area contributed by atoms with E-state index in [-0.39, 0.29) is 58.9 Å². The van der Waals surface area contributed by atoms with Gasteiger partial charge in [-0.2, -0.15) is 46.7 Å². The molecule has 0 spiro atoms. The second kappa shape index (κ2) is 40.3. The maximum atomic E-state index is 13.1. The van der Waals surface area contributed by atoms with Gasteiger partial charge in [0.15, 0.2) is 62.9 Å². The van der Waals surface area contributed by atoms with Crippen LogP contribution in [0.1, 0.15) is 89.1 Å². The highest BCUT2D eigenvalue weighted by atomic mass is 35.5. The molecule has 24 heterocycles. The number of primary amides is 1. The van der Waals surface area contributed by atoms with Gasteiger partial charge in [-0.3, -0.25) is 47.2 Å². The van der Waals surface area contributed by atoms with Crippen LogP contribution in [-0.4, -0.2) is 279 Å². The zero-order chi connectivity index (χ0) is 97.9. The quantitative estimate of drug-likeness (QED) is 0.0442. The van der Waals surface area contributed by atoms with E-state index >= 15 is 0 Å². The number of carbonyl (C=O) groups excluding carboxylic acids is 1. The number of nitrogens with two attached hydrogens (primary N) is 1. The van der Waals surface area contributed by atoms with Gasteiger partial charge < -0.3 is 55.8 Å². The predicted molar refractivity (Wildman–Crippen MR) is 508 cm³/mol. The molecule has 7 unspecified atom stereocenters. The number of imidazole rings is 5. The molecule has 5 aliphatic heterocycles. The van der Waals surface area contributed by atoms with Crippen LogP contribution in [0.5, 0.6) is 0 Å². The van der Waals surface area contributed by atoms with Crippen molar-refractivity contribution in [2.75, 3.05) is 117 Å². The van der Waals surface area contributed by atoms with Crippen molar-refractivity contribution >= 4 is 86.4 Å². The topological polar surface area (TPSA) is 490 Å². The van der Waals surface area contributed by atoms with Crippen LogP contribution in [-0.2, 0) is 17.1 Å². The van der Waals surface area contributed by atoms with Gasteiger partial charge in [-0.1, -0.05) is 29.3 Å². The highest BCUT2D eigenvalue weighted by molar-refractivity contribution is 6.29. The van der Waals surface area contributed by atoms with Gasteiger partial charge in [0.1, 0.15) is 74.0 Å². The first-order valence-electron chi connectivity index (χ1n) is 44.9. The summed E-state index contributed by atoms with van der Waals surface area (Å²) in [5.74, 6) is 5.22. The molecule has 0 radical (unpaired) electrons. The van der Waals surface area contributed by atoms with Crippen LogP contribution in [0.2, 0.25) is 10.3 Å². The summed E-state index contributed by atoms with van der Waals surface area (Å²) in [5.41, 5.74) is 14.2. The number of piperazine rings is 4. The number of amides is 1. The fraction of sp³-hybridized carbons (Fsp3) is 0.289. The second-order valence-corrected chi connectivity index (χ2v) is 34.7. The van der Waals surface area contributed by atoms with Crippen molar-refractivity contribution in [3.05, 3.63) is 259 Å². The number of fused-ring (bicyclic) bond motifs is 5. The molecule has 9 N–H and O–H groups in total. The number of hydrogen-bond acceptors (Lipinski definition) is 34. The third-order valence-corrected chi connectivity index (χ3v) is 24.8. The standard InChI is InChI=1S/C19H17F3N8O.2C18H18ClN9.C18H16F3N9.C17H19N7O/c1-11-17(12-6-26-27-7-12)31-5-4-29(11)15-2-3-23-18(28-15)13-8-25-16-9-24-14(10-30(13)16)19(20,21)22;2*1-11-8-27(9-13(25-11)12-4-23-24-5-12)16-2-3-20-18(26-16)14-6-22-17-7-21-15(19)10-28(14)17;19-18(20,21)14-10-30-13(7-25-16(30)8-24-14)17-23-2-1-15(28-17)29-4-3-22-12(9-29)11-5-26-27-6-11;1-22-5-7-23(8-6-22)15-4-2-3-12(21-15)14-9-20-16-10-19-13(17(18)25)11-24(14)16/h2-3,6-11,17H,4-5H2,1H3,(H,26,27);2*2-7,10-11,13,25H,8-9H2,1H3,(H,23,24);1-2,5-8,10,12,22H,3-4,9H2,(H,26,27);2-4,9-11H,5-8H2,1H3,(H2,18,25). The Kier molecular flexibility index (Phi) is 26.6. The van der Waals surface area contributed by atoms with Gasteiger partial charge in [-0.25, -0.2) is 94.7 Å². The molecule has 726 valence electrons. The number of ether oxygens (including phenoxy) is 1. The average molecular weight is 1970 g/mol. The number of aromatic nitrogens is 32. The van der Waals surface area contributed by atoms with Gasteiger partial charge in [-0.15, -0.1) is 0 Å². The normalized spacial score (nSPS) is 18.7. The Hall–Kier alpha value is -16.2. The molecular formula is C90H88Cl2F6N42O2. The molecule has 52 heteroatoms. The molecule has 142 heavy (non-hydrogen) atoms. The Balaban J connectivity index is 0.000000109. The van der Waals surface area contributed by atoms with E-state index in [1.165, 1.54) is 27.4 Å². The van der Waals surface area contributed by atoms with Crippen molar-refractivity contribution in [2.24, 2.45) is 5.73 Å². The Bertz CT molecular complexity index is 7400. The van der Waals surface area contributed by atoms with E-state index in [0.717, 1.165) is 153 Å². The Morgan fingerprint density at radius 2 is 0.803 bits per heavy atom. The lowest BCUT2D eigenvalue weighted by atomic mass is 10.0. The summed E-state index contributed by atoms with van der Waals surface area (Å²) in [5, 5.41) is 38.9. The highest BCUT2D eigenvalue weighted by Gasteiger charge is 2.38. The lowest BCUT2D eigenvalue weighted by molar-refractivity contribution is -0.142. The summed E-state index contributed by atoms with van der Waals surface area (Å²) >= 11 is 12.1. The SMILES string of the molecule is CC1C(c2cn[nH]c2)OCCN1c1ccnc(-c2cnc3cnc(C(F)(F)F)cn23)n1.CC1CN(c2ccnc(-c3cnc4cnc(Cl)cn34)n2)CC(c2cn[nH]c2)N1.CC1CN(c2ccnc(-c3cnc4cnc(Cl)cn34)n2)CC(c2cn[nH]c2)N1.CN1CCN(c2cccc(-c3cnc4cnc(C(N)=O)cn34)n2)CC1.FC(F)(F)c1cn2c(-c3nccc(N4CCNC(c5cn[nH]c5)C4)n3)cnc2cn1. The molecule has 24 rings (SSSR count). The average Bonchev–Trinajstić information content (AvgIpc) is 1.64. The van der Waals surface area contributed by atoms with E-state index in [4.69, 9.17) is 48.6 Å². The summed E-state index contributed by atoms with van der Waals surface area (Å²) in [6.07, 6.45) is 34.0. The lowest BCUT2D eigenvalue weighted by Gasteiger charge is -2.39. The zero-order valence-corrected chi connectivity index (χ0v) is 77.5. The van der Waals surface area contributed by atoms with Crippen molar-refractivity contribution in [1.82, 2.24) is 178 Å². The largest absolute Gasteiger partial charge is 0.434 e. The zero-order valence-electron chi connectivity index (χ0n) is 76.0. The Labute approximate surface area is 811 Å². The highest BCUT2D eigenvalue weighted by Crippen LogP contribution is 2.37. The molecule has 0 bridgehead atoms. The summed E-state index contributed by atoms with van der Waals surface area (Å²) in [6, 6.07) is 14.4. The summed E-state index contributed by atoms with van der Waals surface area (Å²) in [7, 11) is 2.13. The molecule has 5 fully saturated rings. The number of anilines is 5. The summed E-state index contributed by atoms with van der Waals surface area (Å²) < 4.78 is 92.5. The molecule has 0 aliphatic carbocycles. The van der Waals surface area contributed by atoms with Crippen LogP contribution >= 0.6 is 23.2 Å². The maximum Gasteiger partial charge on any atom is 0.434 e. The number of nitrogens with zero attached hydrogens (tertiary/aromatic N) is 34. The van der Waals surface area contributed by atoms with E-state index in [2.05, 4.69) is 187 Å². The van der Waals surface area contributed by atoms with Crippen molar-refractivity contribution in [3.8, 4) is 57.5 Å². The number of morpholine rings is 1. The van der Waals surface area contributed by atoms with Crippen molar-refractivity contribution in [3.63, 3.8) is 0 Å². The van der Waals surface area contributed by atoms with Crippen LogP contribution in [0.25, 0.3) is 85.7 Å². The number of H-pyrrole nitrogens is 4. The predicted octanol–water partition coefficient (Wildman–Crippen LogP) is 9.82. The molecule has 19 aromatic rings. The summed E-state index contributed by atoms with van der Waals surface area (Å²) in [4.78, 5) is 106. The number of nitrogens with one attached hydrogen (secondary N) is 7. The fourth-order valence-electron chi connectivity index (χ4n) is 17.4. The number of carbonyl (C=O) groups is 1. The van der Waals surface area contributed by atoms with Crippen LogP contribution in [0.3, 0.4) is 0 Å². The van der Waals surface area contributed by atoms with Gasteiger partial charge in [-0.05, 0) is 64.2 Å². The monoisotopic (exact) mass is 1970 g/mol. The molecule has 1 amide bonds. The molecule has 0 aromatic carbocycles. The van der Waals surface area contributed by atoms with Crippen LogP contribution in [0.4, 0.5) is 55.4 Å². The van der Waals surface area contributed by atoms with Gasteiger partial charge >= 0.3 is 12.4 Å². The van der Waals surface area contributed by atoms with E-state index in [0.29, 0.717) is 93.7 Å². The smallest absolute Gasteiger partial charge is 0.369 e. The van der Waals surface area contributed by atoms with Gasteiger partial charge in [0.25, 0.3) is 5.91 Å². The van der Waals surface area contributed by atoms with Gasteiger partial charge in [0.05, 0.1) is 129 Å². The molecule has 5 aliphatic rings. The number of halogens is 8. The molecule has 5 saturated heterocycles. The number of aromatic amines is 4. The van der Waals surface area contributed by atoms with Crippen LogP contribution in [0, 0.1) is 0 Å². The van der Waals surface area contributed by atoms with E-state index in [1.54, 1.807) is 109 Å². The second-order valence-electron chi connectivity index (χ2n) is 33.9. The van der Waals surface area contributed by atoms with Gasteiger partial charge in [0.2, 0.25) is 0 Å². The first-order chi connectivity index (χ1) is 68.9. The first kappa shape index (κ1) is 93.5. The van der Waals surface area contributed by atoms with E-state index in [1.807, 2.05) is 77.0 Å². The third kappa shape index (κ3) is 20.5. The third-order valence-electron chi connectivity index (χ3n) is 24.4.